The number of rotatable bonds is 4. The van der Waals surface area contributed by atoms with Crippen LogP contribution in [-0.2, 0) is 6.54 Å². The number of halogens is 1. The third kappa shape index (κ3) is 2.89. The summed E-state index contributed by atoms with van der Waals surface area (Å²) in [5, 5.41) is 0.779. The maximum Gasteiger partial charge on any atom is 0.121 e. The molecule has 1 fully saturated rings. The Labute approximate surface area is 147 Å². The SMILES string of the molecule is COc1ccc2c(c1)nc(C1CCCC1)n2Cc1cccc(Cl)c1. The first-order valence-corrected chi connectivity index (χ1v) is 8.91. The summed E-state index contributed by atoms with van der Waals surface area (Å²) in [7, 11) is 1.70. The molecule has 3 aromatic rings. The van der Waals surface area contributed by atoms with Gasteiger partial charge < -0.3 is 9.30 Å². The maximum atomic E-state index is 6.17. The third-order valence-electron chi connectivity index (χ3n) is 4.93. The van der Waals surface area contributed by atoms with E-state index in [9.17, 15) is 0 Å². The Morgan fingerprint density at radius 1 is 1.17 bits per heavy atom. The van der Waals surface area contributed by atoms with E-state index in [4.69, 9.17) is 21.3 Å². The van der Waals surface area contributed by atoms with Crippen LogP contribution in [-0.4, -0.2) is 16.7 Å². The number of hydrogen-bond donors (Lipinski definition) is 0. The number of imidazole rings is 1. The fraction of sp³-hybridized carbons (Fsp3) is 0.350. The number of methoxy groups -OCH3 is 1. The van der Waals surface area contributed by atoms with Gasteiger partial charge >= 0.3 is 0 Å². The first kappa shape index (κ1) is 15.5. The van der Waals surface area contributed by atoms with Crippen LogP contribution in [0.3, 0.4) is 0 Å². The normalized spacial score (nSPS) is 15.2. The molecule has 3 nitrogen and oxygen atoms in total. The quantitative estimate of drug-likeness (QED) is 0.635. The van der Waals surface area contributed by atoms with E-state index in [0.29, 0.717) is 5.92 Å². The Morgan fingerprint density at radius 3 is 2.75 bits per heavy atom. The van der Waals surface area contributed by atoms with Crippen molar-refractivity contribution in [2.24, 2.45) is 0 Å². The first-order chi connectivity index (χ1) is 11.7. The maximum absolute atomic E-state index is 6.17. The Hall–Kier alpha value is -2.00. The summed E-state index contributed by atoms with van der Waals surface area (Å²) in [5.74, 6) is 2.62. The minimum atomic E-state index is 0.558. The molecule has 0 saturated heterocycles. The zero-order valence-corrected chi connectivity index (χ0v) is 14.6. The molecule has 1 aliphatic rings. The van der Waals surface area contributed by atoms with E-state index in [1.165, 1.54) is 37.1 Å². The summed E-state index contributed by atoms with van der Waals surface area (Å²) in [6, 6.07) is 14.2. The Balaban J connectivity index is 1.82. The zero-order chi connectivity index (χ0) is 16.5. The van der Waals surface area contributed by atoms with E-state index in [0.717, 1.165) is 28.4 Å². The van der Waals surface area contributed by atoms with Gasteiger partial charge in [-0.1, -0.05) is 36.6 Å². The topological polar surface area (TPSA) is 27.1 Å². The first-order valence-electron chi connectivity index (χ1n) is 8.53. The van der Waals surface area contributed by atoms with Crippen LogP contribution in [0.15, 0.2) is 42.5 Å². The van der Waals surface area contributed by atoms with Crippen LogP contribution in [0.4, 0.5) is 0 Å². The lowest BCUT2D eigenvalue weighted by molar-refractivity contribution is 0.415. The van der Waals surface area contributed by atoms with Crippen LogP contribution >= 0.6 is 11.6 Å². The molecule has 1 aliphatic carbocycles. The predicted molar refractivity (Wildman–Crippen MR) is 98.0 cm³/mol. The number of aromatic nitrogens is 2. The molecule has 4 heteroatoms. The molecule has 1 heterocycles. The number of ether oxygens (including phenoxy) is 1. The van der Waals surface area contributed by atoms with Gasteiger partial charge in [-0.15, -0.1) is 0 Å². The van der Waals surface area contributed by atoms with Crippen molar-refractivity contribution in [1.29, 1.82) is 0 Å². The Morgan fingerprint density at radius 2 is 2.00 bits per heavy atom. The molecular weight excluding hydrogens is 320 g/mol. The minimum Gasteiger partial charge on any atom is -0.497 e. The molecule has 0 bridgehead atoms. The summed E-state index contributed by atoms with van der Waals surface area (Å²) >= 11 is 6.17. The second-order valence-electron chi connectivity index (χ2n) is 6.52. The molecule has 1 saturated carbocycles. The van der Waals surface area contributed by atoms with Gasteiger partial charge in [-0.2, -0.15) is 0 Å². The molecule has 24 heavy (non-hydrogen) atoms. The lowest BCUT2D eigenvalue weighted by Gasteiger charge is -2.14. The van der Waals surface area contributed by atoms with Gasteiger partial charge in [0.2, 0.25) is 0 Å². The average Bonchev–Trinajstić information content (AvgIpc) is 3.22. The van der Waals surface area contributed by atoms with Crippen molar-refractivity contribution in [1.82, 2.24) is 9.55 Å². The molecule has 0 N–H and O–H groups in total. The molecule has 0 atom stereocenters. The standard InChI is InChI=1S/C20H21ClN2O/c1-24-17-9-10-19-18(12-17)22-20(15-6-2-3-7-15)23(19)13-14-5-4-8-16(21)11-14/h4-5,8-12,15H,2-3,6-7,13H2,1H3. The minimum absolute atomic E-state index is 0.558. The second-order valence-corrected chi connectivity index (χ2v) is 6.96. The van der Waals surface area contributed by atoms with Crippen LogP contribution in [0, 0.1) is 0 Å². The monoisotopic (exact) mass is 340 g/mol. The second kappa shape index (κ2) is 6.48. The van der Waals surface area contributed by atoms with Gasteiger partial charge in [-0.3, -0.25) is 0 Å². The summed E-state index contributed by atoms with van der Waals surface area (Å²) in [6.45, 7) is 0.801. The highest BCUT2D eigenvalue weighted by Crippen LogP contribution is 2.36. The molecule has 124 valence electrons. The molecule has 4 rings (SSSR count). The summed E-state index contributed by atoms with van der Waals surface area (Å²) in [6.07, 6.45) is 5.06. The molecule has 0 unspecified atom stereocenters. The predicted octanol–water partition coefficient (Wildman–Crippen LogP) is 5.40. The van der Waals surface area contributed by atoms with Crippen LogP contribution in [0.2, 0.25) is 5.02 Å². The van der Waals surface area contributed by atoms with E-state index >= 15 is 0 Å². The van der Waals surface area contributed by atoms with E-state index in [-0.39, 0.29) is 0 Å². The summed E-state index contributed by atoms with van der Waals surface area (Å²) < 4.78 is 7.72. The van der Waals surface area contributed by atoms with Gasteiger partial charge in [0.25, 0.3) is 0 Å². The van der Waals surface area contributed by atoms with Crippen molar-refractivity contribution >= 4 is 22.6 Å². The van der Waals surface area contributed by atoms with Crippen molar-refractivity contribution in [3.63, 3.8) is 0 Å². The number of benzene rings is 2. The fourth-order valence-electron chi connectivity index (χ4n) is 3.73. The van der Waals surface area contributed by atoms with E-state index in [1.807, 2.05) is 30.3 Å². The highest BCUT2D eigenvalue weighted by molar-refractivity contribution is 6.30. The van der Waals surface area contributed by atoms with Crippen molar-refractivity contribution in [3.05, 3.63) is 58.9 Å². The highest BCUT2D eigenvalue weighted by Gasteiger charge is 2.24. The van der Waals surface area contributed by atoms with E-state index in [1.54, 1.807) is 7.11 Å². The molecular formula is C20H21ClN2O. The van der Waals surface area contributed by atoms with Crippen LogP contribution < -0.4 is 4.74 Å². The van der Waals surface area contributed by atoms with Crippen molar-refractivity contribution < 1.29 is 4.74 Å². The van der Waals surface area contributed by atoms with Crippen molar-refractivity contribution in [3.8, 4) is 5.75 Å². The molecule has 1 aromatic heterocycles. The van der Waals surface area contributed by atoms with E-state index in [2.05, 4.69) is 16.7 Å². The van der Waals surface area contributed by atoms with Crippen molar-refractivity contribution in [2.45, 2.75) is 38.1 Å². The lowest BCUT2D eigenvalue weighted by Crippen LogP contribution is -2.08. The molecule has 2 aromatic carbocycles. The van der Waals surface area contributed by atoms with E-state index < -0.39 is 0 Å². The van der Waals surface area contributed by atoms with Crippen molar-refractivity contribution in [2.75, 3.05) is 7.11 Å². The van der Waals surface area contributed by atoms with Crippen LogP contribution in [0.5, 0.6) is 5.75 Å². The Bertz CT molecular complexity index is 865. The lowest BCUT2D eigenvalue weighted by atomic mass is 10.1. The number of fused-ring (bicyclic) bond motifs is 1. The number of nitrogens with zero attached hydrogens (tertiary/aromatic N) is 2. The largest absolute Gasteiger partial charge is 0.497 e. The smallest absolute Gasteiger partial charge is 0.121 e. The van der Waals surface area contributed by atoms with Gasteiger partial charge in [-0.05, 0) is 42.7 Å². The van der Waals surface area contributed by atoms with Gasteiger partial charge in [0.15, 0.2) is 0 Å². The van der Waals surface area contributed by atoms with Gasteiger partial charge in [0.1, 0.15) is 11.6 Å². The van der Waals surface area contributed by atoms with Crippen LogP contribution in [0.25, 0.3) is 11.0 Å². The average molecular weight is 341 g/mol. The molecule has 0 radical (unpaired) electrons. The van der Waals surface area contributed by atoms with Gasteiger partial charge in [0.05, 0.1) is 18.1 Å². The molecule has 0 aliphatic heterocycles. The number of hydrogen-bond acceptors (Lipinski definition) is 2. The summed E-state index contributed by atoms with van der Waals surface area (Å²) in [5.41, 5.74) is 3.38. The van der Waals surface area contributed by atoms with Crippen LogP contribution in [0.1, 0.15) is 43.0 Å². The summed E-state index contributed by atoms with van der Waals surface area (Å²) in [4.78, 5) is 4.97. The van der Waals surface area contributed by atoms with Gasteiger partial charge in [-0.25, -0.2) is 4.98 Å². The zero-order valence-electron chi connectivity index (χ0n) is 13.8. The third-order valence-corrected chi connectivity index (χ3v) is 5.17. The Kier molecular flexibility index (Phi) is 4.19. The fourth-order valence-corrected chi connectivity index (χ4v) is 3.95. The highest BCUT2D eigenvalue weighted by atomic mass is 35.5. The van der Waals surface area contributed by atoms with Gasteiger partial charge in [0, 0.05) is 23.6 Å². The molecule has 0 amide bonds. The molecule has 0 spiro atoms.